The molecule has 1 aliphatic heterocycles. The van der Waals surface area contributed by atoms with E-state index in [9.17, 15) is 9.59 Å². The van der Waals surface area contributed by atoms with Crippen molar-refractivity contribution in [3.05, 3.63) is 89.0 Å². The smallest absolute Gasteiger partial charge is 0.283 e. The van der Waals surface area contributed by atoms with Crippen LogP contribution in [0.1, 0.15) is 12.5 Å². The van der Waals surface area contributed by atoms with Crippen LogP contribution in [0, 0.1) is 6.92 Å². The Kier molecular flexibility index (Phi) is 6.70. The summed E-state index contributed by atoms with van der Waals surface area (Å²) < 4.78 is 10.8. The number of amides is 2. The fourth-order valence-corrected chi connectivity index (χ4v) is 4.30. The first-order chi connectivity index (χ1) is 16.0. The second-order valence-electron chi connectivity index (χ2n) is 7.35. The Balaban J connectivity index is 1.70. The fraction of sp³-hybridized carbons (Fsp3) is 0.154. The minimum Gasteiger partial charge on any atom is -0.497 e. The molecule has 2 amide bonds. The zero-order valence-electron chi connectivity index (χ0n) is 18.6. The third-order valence-corrected chi connectivity index (χ3v) is 6.12. The lowest BCUT2D eigenvalue weighted by molar-refractivity contribution is -0.120. The topological polar surface area (TPSA) is 67.9 Å². The highest BCUT2D eigenvalue weighted by Gasteiger charge is 2.40. The summed E-state index contributed by atoms with van der Waals surface area (Å²) in [5.41, 5.74) is 2.49. The molecule has 0 bridgehead atoms. The van der Waals surface area contributed by atoms with Gasteiger partial charge in [0.15, 0.2) is 0 Å². The number of anilines is 2. The highest BCUT2D eigenvalue weighted by Crippen LogP contribution is 2.38. The summed E-state index contributed by atoms with van der Waals surface area (Å²) in [5.74, 6) is 0.535. The molecule has 1 aliphatic rings. The van der Waals surface area contributed by atoms with Crippen LogP contribution in [0.15, 0.2) is 88.3 Å². The number of hydrogen-bond acceptors (Lipinski definition) is 6. The van der Waals surface area contributed by atoms with E-state index < -0.39 is 5.91 Å². The van der Waals surface area contributed by atoms with Gasteiger partial charge in [0, 0.05) is 16.6 Å². The third-order valence-electron chi connectivity index (χ3n) is 5.03. The number of benzene rings is 3. The van der Waals surface area contributed by atoms with E-state index >= 15 is 0 Å². The molecule has 0 aromatic heterocycles. The normalized spacial score (nSPS) is 13.5. The molecule has 33 heavy (non-hydrogen) atoms. The lowest BCUT2D eigenvalue weighted by atomic mass is 10.2. The maximum atomic E-state index is 13.5. The minimum absolute atomic E-state index is 0.229. The van der Waals surface area contributed by atoms with Gasteiger partial charge in [0.25, 0.3) is 11.8 Å². The Morgan fingerprint density at radius 3 is 2.30 bits per heavy atom. The van der Waals surface area contributed by atoms with Gasteiger partial charge in [-0.1, -0.05) is 35.5 Å². The first kappa shape index (κ1) is 22.5. The van der Waals surface area contributed by atoms with Gasteiger partial charge in [0.05, 0.1) is 19.4 Å². The Bertz CT molecular complexity index is 1200. The predicted molar refractivity (Wildman–Crippen MR) is 131 cm³/mol. The van der Waals surface area contributed by atoms with Gasteiger partial charge in [-0.2, -0.15) is 0 Å². The van der Waals surface area contributed by atoms with E-state index in [2.05, 4.69) is 5.32 Å². The Morgan fingerprint density at radius 1 is 0.909 bits per heavy atom. The van der Waals surface area contributed by atoms with E-state index in [-0.39, 0.29) is 11.6 Å². The molecule has 168 valence electrons. The molecule has 0 spiro atoms. The molecule has 1 heterocycles. The number of hydrogen-bond donors (Lipinski definition) is 1. The van der Waals surface area contributed by atoms with E-state index in [1.807, 2.05) is 56.3 Å². The summed E-state index contributed by atoms with van der Waals surface area (Å²) in [6.45, 7) is 4.44. The second kappa shape index (κ2) is 9.83. The molecule has 0 unspecified atom stereocenters. The van der Waals surface area contributed by atoms with E-state index in [4.69, 9.17) is 9.47 Å². The summed E-state index contributed by atoms with van der Waals surface area (Å²) in [4.78, 5) is 29.3. The van der Waals surface area contributed by atoms with Crippen molar-refractivity contribution in [1.29, 1.82) is 0 Å². The largest absolute Gasteiger partial charge is 0.497 e. The van der Waals surface area contributed by atoms with Crippen LogP contribution in [0.3, 0.4) is 0 Å². The molecule has 0 saturated carbocycles. The molecular weight excluding hydrogens is 436 g/mol. The van der Waals surface area contributed by atoms with Gasteiger partial charge in [-0.15, -0.1) is 0 Å². The Hall–Kier alpha value is -3.71. The summed E-state index contributed by atoms with van der Waals surface area (Å²) in [6, 6.07) is 22.0. The van der Waals surface area contributed by atoms with Gasteiger partial charge in [-0.25, -0.2) is 4.90 Å². The maximum absolute atomic E-state index is 13.5. The molecule has 3 aromatic carbocycles. The van der Waals surface area contributed by atoms with Crippen molar-refractivity contribution in [2.45, 2.75) is 18.7 Å². The molecule has 7 heteroatoms. The summed E-state index contributed by atoms with van der Waals surface area (Å²) in [7, 11) is 1.58. The number of imide groups is 1. The molecule has 0 saturated heterocycles. The molecule has 1 N–H and O–H groups in total. The Morgan fingerprint density at radius 2 is 1.64 bits per heavy atom. The molecule has 0 radical (unpaired) electrons. The van der Waals surface area contributed by atoms with Gasteiger partial charge in [-0.3, -0.25) is 9.59 Å². The number of nitrogens with zero attached hydrogens (tertiary/aromatic N) is 1. The number of carbonyl (C=O) groups is 2. The summed E-state index contributed by atoms with van der Waals surface area (Å²) in [5, 5.41) is 3.15. The fourth-order valence-electron chi connectivity index (χ4n) is 3.38. The number of aryl methyl sites for hydroxylation is 1. The summed E-state index contributed by atoms with van der Waals surface area (Å²) >= 11 is 1.27. The van der Waals surface area contributed by atoms with Crippen molar-refractivity contribution in [2.75, 3.05) is 23.9 Å². The van der Waals surface area contributed by atoms with Crippen molar-refractivity contribution in [1.82, 2.24) is 0 Å². The van der Waals surface area contributed by atoms with Crippen LogP contribution in [0.5, 0.6) is 11.5 Å². The minimum atomic E-state index is -0.415. The zero-order valence-corrected chi connectivity index (χ0v) is 19.4. The predicted octanol–water partition coefficient (Wildman–Crippen LogP) is 5.39. The SMILES string of the molecule is CCOc1ccc(N2C(=O)C(Nc3cccc(OC)c3)=C(Sc3ccc(C)cc3)C2=O)cc1. The van der Waals surface area contributed by atoms with Crippen molar-refractivity contribution in [3.63, 3.8) is 0 Å². The number of nitrogens with one attached hydrogen (secondary N) is 1. The third kappa shape index (κ3) is 4.88. The number of carbonyl (C=O) groups excluding carboxylic acids is 2. The van der Waals surface area contributed by atoms with Gasteiger partial charge in [0.2, 0.25) is 0 Å². The van der Waals surface area contributed by atoms with Gasteiger partial charge >= 0.3 is 0 Å². The Labute approximate surface area is 197 Å². The van der Waals surface area contributed by atoms with Crippen LogP contribution in [-0.4, -0.2) is 25.5 Å². The summed E-state index contributed by atoms with van der Waals surface area (Å²) in [6.07, 6.45) is 0. The maximum Gasteiger partial charge on any atom is 0.283 e. The van der Waals surface area contributed by atoms with Crippen LogP contribution in [-0.2, 0) is 9.59 Å². The second-order valence-corrected chi connectivity index (χ2v) is 8.43. The monoisotopic (exact) mass is 460 g/mol. The average molecular weight is 461 g/mol. The van der Waals surface area contributed by atoms with E-state index in [1.54, 1.807) is 37.4 Å². The van der Waals surface area contributed by atoms with Crippen LogP contribution in [0.2, 0.25) is 0 Å². The van der Waals surface area contributed by atoms with E-state index in [0.29, 0.717) is 34.4 Å². The zero-order chi connectivity index (χ0) is 23.4. The first-order valence-electron chi connectivity index (χ1n) is 10.5. The van der Waals surface area contributed by atoms with Crippen molar-refractivity contribution < 1.29 is 19.1 Å². The highest BCUT2D eigenvalue weighted by molar-refractivity contribution is 8.04. The lowest BCUT2D eigenvalue weighted by Gasteiger charge is -2.16. The van der Waals surface area contributed by atoms with E-state index in [0.717, 1.165) is 10.5 Å². The van der Waals surface area contributed by atoms with Crippen molar-refractivity contribution in [3.8, 4) is 11.5 Å². The molecule has 3 aromatic rings. The highest BCUT2D eigenvalue weighted by atomic mass is 32.2. The van der Waals surface area contributed by atoms with Crippen LogP contribution in [0.4, 0.5) is 11.4 Å². The number of methoxy groups -OCH3 is 1. The average Bonchev–Trinajstić information content (AvgIpc) is 3.05. The first-order valence-corrected chi connectivity index (χ1v) is 11.3. The van der Waals surface area contributed by atoms with Crippen LogP contribution in [0.25, 0.3) is 0 Å². The van der Waals surface area contributed by atoms with Crippen molar-refractivity contribution >= 4 is 35.0 Å². The molecule has 6 nitrogen and oxygen atoms in total. The quantitative estimate of drug-likeness (QED) is 0.455. The number of rotatable bonds is 8. The molecule has 0 fully saturated rings. The van der Waals surface area contributed by atoms with Crippen LogP contribution >= 0.6 is 11.8 Å². The van der Waals surface area contributed by atoms with Gasteiger partial charge in [0.1, 0.15) is 22.1 Å². The number of thioether (sulfide) groups is 1. The lowest BCUT2D eigenvalue weighted by Crippen LogP contribution is -2.32. The number of ether oxygens (including phenoxy) is 2. The molecule has 0 aliphatic carbocycles. The van der Waals surface area contributed by atoms with Gasteiger partial charge in [-0.05, 0) is 62.4 Å². The molecular formula is C26H24N2O4S. The van der Waals surface area contributed by atoms with Crippen LogP contribution < -0.4 is 19.7 Å². The molecule has 4 rings (SSSR count). The van der Waals surface area contributed by atoms with Crippen molar-refractivity contribution in [2.24, 2.45) is 0 Å². The standard InChI is InChI=1S/C26H24N2O4S/c1-4-32-20-12-10-19(11-13-20)28-25(29)23(27-18-6-5-7-21(16-18)31-3)24(26(28)30)33-22-14-8-17(2)9-15-22/h5-16,27H,4H2,1-3H3. The van der Waals surface area contributed by atoms with Gasteiger partial charge < -0.3 is 14.8 Å². The van der Waals surface area contributed by atoms with E-state index in [1.165, 1.54) is 16.7 Å². The molecule has 0 atom stereocenters.